The van der Waals surface area contributed by atoms with Crippen LogP contribution in [-0.4, -0.2) is 27.8 Å². The first-order valence-corrected chi connectivity index (χ1v) is 6.46. The lowest BCUT2D eigenvalue weighted by Crippen LogP contribution is -1.96. The standard InChI is InChI=1S/C14H14N4O4/c1-2-22-12-5-3-4-10(14(12)19)8-16-17-13-7-6-11(9-15-13)18(20)21/h3-9,19H,2H2,1H3,(H,15,17)/b16-8+. The topological polar surface area (TPSA) is 110 Å². The third-order valence-electron chi connectivity index (χ3n) is 2.67. The second-order valence-electron chi connectivity index (χ2n) is 4.16. The number of nitrogens with one attached hydrogen (secondary N) is 1. The Morgan fingerprint density at radius 2 is 2.27 bits per heavy atom. The van der Waals surface area contributed by atoms with Crippen molar-refractivity contribution < 1.29 is 14.8 Å². The van der Waals surface area contributed by atoms with Gasteiger partial charge in [0.25, 0.3) is 5.69 Å². The second-order valence-corrected chi connectivity index (χ2v) is 4.16. The van der Waals surface area contributed by atoms with Crippen LogP contribution in [0.3, 0.4) is 0 Å². The molecule has 0 radical (unpaired) electrons. The van der Waals surface area contributed by atoms with Crippen molar-refractivity contribution in [2.45, 2.75) is 6.92 Å². The number of hydrazone groups is 1. The highest BCUT2D eigenvalue weighted by Gasteiger charge is 2.06. The molecule has 2 aromatic rings. The summed E-state index contributed by atoms with van der Waals surface area (Å²) in [5.41, 5.74) is 2.99. The molecule has 0 unspecified atom stereocenters. The van der Waals surface area contributed by atoms with Crippen LogP contribution in [0.15, 0.2) is 41.6 Å². The Morgan fingerprint density at radius 1 is 1.45 bits per heavy atom. The van der Waals surface area contributed by atoms with E-state index >= 15 is 0 Å². The number of rotatable bonds is 6. The predicted octanol–water partition coefficient (Wildman–Crippen LogP) is 2.54. The second kappa shape index (κ2) is 7.02. The molecule has 2 rings (SSSR count). The van der Waals surface area contributed by atoms with Crippen molar-refractivity contribution in [2.75, 3.05) is 12.0 Å². The molecule has 0 aliphatic heterocycles. The van der Waals surface area contributed by atoms with Gasteiger partial charge in [-0.05, 0) is 25.1 Å². The molecule has 0 amide bonds. The van der Waals surface area contributed by atoms with Crippen LogP contribution in [-0.2, 0) is 0 Å². The quantitative estimate of drug-likeness (QED) is 0.482. The summed E-state index contributed by atoms with van der Waals surface area (Å²) in [6.07, 6.45) is 2.53. The number of anilines is 1. The molecule has 1 heterocycles. The average molecular weight is 302 g/mol. The highest BCUT2D eigenvalue weighted by atomic mass is 16.6. The molecule has 22 heavy (non-hydrogen) atoms. The summed E-state index contributed by atoms with van der Waals surface area (Å²) < 4.78 is 5.27. The Hall–Kier alpha value is -3.16. The minimum Gasteiger partial charge on any atom is -0.504 e. The number of ether oxygens (including phenoxy) is 1. The molecule has 0 saturated heterocycles. The predicted molar refractivity (Wildman–Crippen MR) is 81.4 cm³/mol. The minimum atomic E-state index is -0.530. The zero-order valence-electron chi connectivity index (χ0n) is 11.8. The summed E-state index contributed by atoms with van der Waals surface area (Å²) in [4.78, 5) is 13.8. The van der Waals surface area contributed by atoms with Gasteiger partial charge in [-0.25, -0.2) is 4.98 Å². The normalized spacial score (nSPS) is 10.6. The molecule has 0 spiro atoms. The first-order valence-electron chi connectivity index (χ1n) is 6.46. The van der Waals surface area contributed by atoms with Gasteiger partial charge >= 0.3 is 0 Å². The number of para-hydroxylation sites is 1. The fourth-order valence-corrected chi connectivity index (χ4v) is 1.64. The molecule has 0 atom stereocenters. The minimum absolute atomic E-state index is 0.00782. The number of hydrogen-bond donors (Lipinski definition) is 2. The Bertz CT molecular complexity index is 686. The van der Waals surface area contributed by atoms with Gasteiger partial charge < -0.3 is 9.84 Å². The molecular formula is C14H14N4O4. The average Bonchev–Trinajstić information content (AvgIpc) is 2.51. The maximum absolute atomic E-state index is 10.5. The van der Waals surface area contributed by atoms with Gasteiger partial charge in [0.15, 0.2) is 11.5 Å². The van der Waals surface area contributed by atoms with Crippen molar-refractivity contribution in [3.05, 3.63) is 52.2 Å². The number of phenols is 1. The molecule has 8 heteroatoms. The fraction of sp³-hybridized carbons (Fsp3) is 0.143. The van der Waals surface area contributed by atoms with Crippen LogP contribution in [0.25, 0.3) is 0 Å². The number of aromatic nitrogens is 1. The van der Waals surface area contributed by atoms with Crippen LogP contribution in [0.4, 0.5) is 11.5 Å². The van der Waals surface area contributed by atoms with Gasteiger partial charge in [0.05, 0.1) is 17.7 Å². The van der Waals surface area contributed by atoms with Crippen LogP contribution >= 0.6 is 0 Å². The van der Waals surface area contributed by atoms with Crippen LogP contribution < -0.4 is 10.2 Å². The van der Waals surface area contributed by atoms with Gasteiger partial charge in [-0.3, -0.25) is 15.5 Å². The van der Waals surface area contributed by atoms with Gasteiger partial charge in [-0.15, -0.1) is 0 Å². The lowest BCUT2D eigenvalue weighted by molar-refractivity contribution is -0.385. The number of pyridine rings is 1. The lowest BCUT2D eigenvalue weighted by atomic mass is 10.2. The summed E-state index contributed by atoms with van der Waals surface area (Å²) in [5, 5.41) is 24.4. The third kappa shape index (κ3) is 3.69. The van der Waals surface area contributed by atoms with E-state index in [4.69, 9.17) is 4.74 Å². The van der Waals surface area contributed by atoms with E-state index in [1.807, 2.05) is 6.92 Å². The van der Waals surface area contributed by atoms with Crippen molar-refractivity contribution in [1.29, 1.82) is 0 Å². The highest BCUT2D eigenvalue weighted by molar-refractivity contribution is 5.85. The zero-order chi connectivity index (χ0) is 15.9. The van der Waals surface area contributed by atoms with E-state index in [0.29, 0.717) is 23.7 Å². The van der Waals surface area contributed by atoms with Gasteiger partial charge in [0.1, 0.15) is 12.0 Å². The van der Waals surface area contributed by atoms with E-state index in [0.717, 1.165) is 6.20 Å². The van der Waals surface area contributed by atoms with Crippen molar-refractivity contribution in [3.63, 3.8) is 0 Å². The van der Waals surface area contributed by atoms with Crippen LogP contribution in [0.5, 0.6) is 11.5 Å². The lowest BCUT2D eigenvalue weighted by Gasteiger charge is -2.07. The Balaban J connectivity index is 2.06. The molecule has 0 fully saturated rings. The van der Waals surface area contributed by atoms with Gasteiger partial charge in [0.2, 0.25) is 0 Å². The summed E-state index contributed by atoms with van der Waals surface area (Å²) in [7, 11) is 0. The van der Waals surface area contributed by atoms with Crippen molar-refractivity contribution >= 4 is 17.7 Å². The molecule has 1 aromatic heterocycles. The first-order chi connectivity index (χ1) is 10.6. The molecule has 0 aliphatic carbocycles. The number of phenolic OH excluding ortho intramolecular Hbond substituents is 1. The largest absolute Gasteiger partial charge is 0.504 e. The van der Waals surface area contributed by atoms with Crippen LogP contribution in [0, 0.1) is 10.1 Å². The van der Waals surface area contributed by atoms with E-state index in [-0.39, 0.29) is 11.4 Å². The highest BCUT2D eigenvalue weighted by Crippen LogP contribution is 2.28. The summed E-state index contributed by atoms with van der Waals surface area (Å²) in [5.74, 6) is 0.716. The Labute approximate surface area is 126 Å². The third-order valence-corrected chi connectivity index (χ3v) is 2.67. The van der Waals surface area contributed by atoms with Crippen LogP contribution in [0.1, 0.15) is 12.5 Å². The van der Waals surface area contributed by atoms with Crippen molar-refractivity contribution in [3.8, 4) is 11.5 Å². The number of aromatic hydroxyl groups is 1. The SMILES string of the molecule is CCOc1cccc(/C=N/Nc2ccc([N+](=O)[O-])cn2)c1O. The van der Waals surface area contributed by atoms with E-state index < -0.39 is 4.92 Å². The Kier molecular flexibility index (Phi) is 4.86. The number of benzene rings is 1. The monoisotopic (exact) mass is 302 g/mol. The molecule has 8 nitrogen and oxygen atoms in total. The van der Waals surface area contributed by atoms with Crippen LogP contribution in [0.2, 0.25) is 0 Å². The molecule has 0 bridgehead atoms. The van der Waals surface area contributed by atoms with E-state index in [1.54, 1.807) is 18.2 Å². The summed E-state index contributed by atoms with van der Waals surface area (Å²) >= 11 is 0. The molecule has 2 N–H and O–H groups in total. The molecule has 0 saturated carbocycles. The van der Waals surface area contributed by atoms with Gasteiger partial charge in [-0.2, -0.15) is 5.10 Å². The smallest absolute Gasteiger partial charge is 0.287 e. The van der Waals surface area contributed by atoms with Crippen molar-refractivity contribution in [1.82, 2.24) is 4.98 Å². The molecule has 1 aromatic carbocycles. The molecular weight excluding hydrogens is 288 g/mol. The number of nitrogens with zero attached hydrogens (tertiary/aromatic N) is 3. The summed E-state index contributed by atoms with van der Waals surface area (Å²) in [6.45, 7) is 2.27. The van der Waals surface area contributed by atoms with Gasteiger partial charge in [-0.1, -0.05) is 6.07 Å². The van der Waals surface area contributed by atoms with E-state index in [9.17, 15) is 15.2 Å². The number of nitro groups is 1. The van der Waals surface area contributed by atoms with Crippen molar-refractivity contribution in [2.24, 2.45) is 5.10 Å². The van der Waals surface area contributed by atoms with E-state index in [2.05, 4.69) is 15.5 Å². The maximum Gasteiger partial charge on any atom is 0.287 e. The zero-order valence-corrected chi connectivity index (χ0v) is 11.8. The molecule has 114 valence electrons. The molecule has 0 aliphatic rings. The van der Waals surface area contributed by atoms with Gasteiger partial charge in [0, 0.05) is 11.6 Å². The summed E-state index contributed by atoms with van der Waals surface area (Å²) in [6, 6.07) is 7.81. The number of hydrogen-bond acceptors (Lipinski definition) is 7. The first kappa shape index (κ1) is 15.2. The maximum atomic E-state index is 10.5. The fourth-order valence-electron chi connectivity index (χ4n) is 1.64. The van der Waals surface area contributed by atoms with E-state index in [1.165, 1.54) is 18.3 Å². The Morgan fingerprint density at radius 3 is 2.91 bits per heavy atom.